The minimum atomic E-state index is -0.505. The molecule has 1 N–H and O–H groups in total. The van der Waals surface area contributed by atoms with Crippen molar-refractivity contribution in [3.63, 3.8) is 0 Å². The van der Waals surface area contributed by atoms with Gasteiger partial charge in [-0.3, -0.25) is 0 Å². The summed E-state index contributed by atoms with van der Waals surface area (Å²) >= 11 is 0. The lowest BCUT2D eigenvalue weighted by molar-refractivity contribution is 0.199. The average molecular weight is 233 g/mol. The van der Waals surface area contributed by atoms with Gasteiger partial charge in [-0.2, -0.15) is 0 Å². The summed E-state index contributed by atoms with van der Waals surface area (Å²) in [4.78, 5) is 4.35. The van der Waals surface area contributed by atoms with E-state index in [1.165, 1.54) is 0 Å². The van der Waals surface area contributed by atoms with Crippen LogP contribution in [-0.4, -0.2) is 24.3 Å². The van der Waals surface area contributed by atoms with Crippen LogP contribution in [0.3, 0.4) is 0 Å². The highest BCUT2D eigenvalue weighted by molar-refractivity contribution is 5.81. The SMILES string of the molecule is COc1cc2ccc(C(C)O)cc2nc1OC. The molecule has 17 heavy (non-hydrogen) atoms. The lowest BCUT2D eigenvalue weighted by atomic mass is 10.1. The van der Waals surface area contributed by atoms with Gasteiger partial charge in [-0.15, -0.1) is 0 Å². The van der Waals surface area contributed by atoms with E-state index in [4.69, 9.17) is 9.47 Å². The van der Waals surface area contributed by atoms with E-state index in [2.05, 4.69) is 4.98 Å². The number of benzene rings is 1. The fourth-order valence-corrected chi connectivity index (χ4v) is 1.70. The van der Waals surface area contributed by atoms with Gasteiger partial charge < -0.3 is 14.6 Å². The molecule has 0 spiro atoms. The van der Waals surface area contributed by atoms with E-state index in [9.17, 15) is 5.11 Å². The van der Waals surface area contributed by atoms with Crippen molar-refractivity contribution in [2.45, 2.75) is 13.0 Å². The summed E-state index contributed by atoms with van der Waals surface area (Å²) in [6.07, 6.45) is -0.505. The smallest absolute Gasteiger partial charge is 0.257 e. The maximum absolute atomic E-state index is 9.53. The van der Waals surface area contributed by atoms with Gasteiger partial charge in [0, 0.05) is 5.39 Å². The summed E-state index contributed by atoms with van der Waals surface area (Å²) in [5.74, 6) is 1.05. The molecule has 0 aliphatic heterocycles. The topological polar surface area (TPSA) is 51.6 Å². The highest BCUT2D eigenvalue weighted by atomic mass is 16.5. The van der Waals surface area contributed by atoms with Gasteiger partial charge in [-0.25, -0.2) is 4.98 Å². The van der Waals surface area contributed by atoms with Crippen LogP contribution < -0.4 is 9.47 Å². The van der Waals surface area contributed by atoms with Crippen LogP contribution in [0.25, 0.3) is 10.9 Å². The van der Waals surface area contributed by atoms with Gasteiger partial charge in [0.1, 0.15) is 0 Å². The zero-order valence-corrected chi connectivity index (χ0v) is 10.1. The first-order chi connectivity index (χ1) is 8.15. The Hall–Kier alpha value is -1.81. The van der Waals surface area contributed by atoms with Gasteiger partial charge in [-0.1, -0.05) is 12.1 Å². The fourth-order valence-electron chi connectivity index (χ4n) is 1.70. The van der Waals surface area contributed by atoms with Gasteiger partial charge in [-0.05, 0) is 24.6 Å². The van der Waals surface area contributed by atoms with Crippen molar-refractivity contribution in [2.75, 3.05) is 14.2 Å². The van der Waals surface area contributed by atoms with E-state index in [0.717, 1.165) is 16.5 Å². The molecule has 4 nitrogen and oxygen atoms in total. The van der Waals surface area contributed by atoms with Crippen molar-refractivity contribution in [3.8, 4) is 11.6 Å². The van der Waals surface area contributed by atoms with Crippen LogP contribution in [0.2, 0.25) is 0 Å². The number of aliphatic hydroxyl groups is 1. The van der Waals surface area contributed by atoms with Gasteiger partial charge in [0.15, 0.2) is 5.75 Å². The molecule has 0 saturated heterocycles. The Morgan fingerprint density at radius 2 is 1.94 bits per heavy atom. The van der Waals surface area contributed by atoms with E-state index >= 15 is 0 Å². The van der Waals surface area contributed by atoms with Crippen molar-refractivity contribution in [3.05, 3.63) is 29.8 Å². The van der Waals surface area contributed by atoms with E-state index < -0.39 is 6.10 Å². The molecule has 0 fully saturated rings. The molecule has 2 aromatic rings. The van der Waals surface area contributed by atoms with E-state index in [0.29, 0.717) is 11.6 Å². The van der Waals surface area contributed by atoms with Crippen LogP contribution in [0.1, 0.15) is 18.6 Å². The molecular weight excluding hydrogens is 218 g/mol. The molecule has 1 unspecified atom stereocenters. The first kappa shape index (κ1) is 11.7. The molecule has 0 aliphatic carbocycles. The summed E-state index contributed by atoms with van der Waals surface area (Å²) < 4.78 is 10.3. The maximum atomic E-state index is 9.53. The second-order valence-corrected chi connectivity index (χ2v) is 3.83. The van der Waals surface area contributed by atoms with Gasteiger partial charge in [0.2, 0.25) is 0 Å². The number of ether oxygens (including phenoxy) is 2. The highest BCUT2D eigenvalue weighted by Crippen LogP contribution is 2.29. The molecule has 1 heterocycles. The predicted octanol–water partition coefficient (Wildman–Crippen LogP) is 2.31. The summed E-state index contributed by atoms with van der Waals surface area (Å²) in [5, 5.41) is 10.5. The third kappa shape index (κ3) is 2.17. The maximum Gasteiger partial charge on any atom is 0.257 e. The Balaban J connectivity index is 2.62. The largest absolute Gasteiger partial charge is 0.491 e. The summed E-state index contributed by atoms with van der Waals surface area (Å²) in [5.41, 5.74) is 1.61. The third-order valence-electron chi connectivity index (χ3n) is 2.67. The summed E-state index contributed by atoms with van der Waals surface area (Å²) in [6.45, 7) is 1.72. The molecule has 1 atom stereocenters. The van der Waals surface area contributed by atoms with Crippen molar-refractivity contribution in [2.24, 2.45) is 0 Å². The second kappa shape index (κ2) is 4.59. The van der Waals surface area contributed by atoms with Gasteiger partial charge in [0.05, 0.1) is 25.8 Å². The Labute approximate surface area is 99.8 Å². The number of methoxy groups -OCH3 is 2. The van der Waals surface area contributed by atoms with Crippen molar-refractivity contribution in [1.82, 2.24) is 4.98 Å². The number of rotatable bonds is 3. The van der Waals surface area contributed by atoms with Crippen LogP contribution in [-0.2, 0) is 0 Å². The molecule has 0 bridgehead atoms. The molecule has 2 rings (SSSR count). The molecular formula is C13H15NO3. The Morgan fingerprint density at radius 3 is 2.53 bits per heavy atom. The summed E-state index contributed by atoms with van der Waals surface area (Å²) in [6, 6.07) is 7.50. The minimum absolute atomic E-state index is 0.447. The van der Waals surface area contributed by atoms with Crippen LogP contribution in [0.4, 0.5) is 0 Å². The zero-order valence-electron chi connectivity index (χ0n) is 10.1. The molecule has 0 radical (unpaired) electrons. The minimum Gasteiger partial charge on any atom is -0.491 e. The number of nitrogens with zero attached hydrogens (tertiary/aromatic N) is 1. The number of hydrogen-bond donors (Lipinski definition) is 1. The number of fused-ring (bicyclic) bond motifs is 1. The van der Waals surface area contributed by atoms with E-state index in [-0.39, 0.29) is 0 Å². The van der Waals surface area contributed by atoms with Crippen LogP contribution >= 0.6 is 0 Å². The van der Waals surface area contributed by atoms with Gasteiger partial charge >= 0.3 is 0 Å². The van der Waals surface area contributed by atoms with Gasteiger partial charge in [0.25, 0.3) is 5.88 Å². The van der Waals surface area contributed by atoms with Crippen molar-refractivity contribution >= 4 is 10.9 Å². The number of aromatic nitrogens is 1. The van der Waals surface area contributed by atoms with Crippen molar-refractivity contribution < 1.29 is 14.6 Å². The number of pyridine rings is 1. The standard InChI is InChI=1S/C13H15NO3/c1-8(15)9-4-5-10-7-12(16-2)13(17-3)14-11(10)6-9/h4-8,15H,1-3H3. The zero-order chi connectivity index (χ0) is 12.4. The number of aliphatic hydroxyl groups excluding tert-OH is 1. The normalized spacial score (nSPS) is 12.5. The monoisotopic (exact) mass is 233 g/mol. The first-order valence-corrected chi connectivity index (χ1v) is 5.36. The quantitative estimate of drug-likeness (QED) is 0.883. The Morgan fingerprint density at radius 1 is 1.18 bits per heavy atom. The molecule has 1 aromatic carbocycles. The predicted molar refractivity (Wildman–Crippen MR) is 65.5 cm³/mol. The van der Waals surface area contributed by atoms with E-state index in [1.54, 1.807) is 21.1 Å². The third-order valence-corrected chi connectivity index (χ3v) is 2.67. The molecule has 90 valence electrons. The number of hydrogen-bond acceptors (Lipinski definition) is 4. The molecule has 0 amide bonds. The van der Waals surface area contributed by atoms with Crippen LogP contribution in [0.15, 0.2) is 24.3 Å². The lowest BCUT2D eigenvalue weighted by Gasteiger charge is -2.10. The molecule has 0 saturated carbocycles. The van der Waals surface area contributed by atoms with E-state index in [1.807, 2.05) is 24.3 Å². The molecule has 1 aromatic heterocycles. The second-order valence-electron chi connectivity index (χ2n) is 3.83. The fraction of sp³-hybridized carbons (Fsp3) is 0.308. The molecule has 4 heteroatoms. The Bertz CT molecular complexity index is 537. The Kier molecular flexibility index (Phi) is 3.15. The first-order valence-electron chi connectivity index (χ1n) is 5.36. The van der Waals surface area contributed by atoms with Crippen molar-refractivity contribution in [1.29, 1.82) is 0 Å². The average Bonchev–Trinajstić information content (AvgIpc) is 2.36. The lowest BCUT2D eigenvalue weighted by Crippen LogP contribution is -1.96. The molecule has 0 aliphatic rings. The summed E-state index contributed by atoms with van der Waals surface area (Å²) in [7, 11) is 3.13. The van der Waals surface area contributed by atoms with Crippen LogP contribution in [0.5, 0.6) is 11.6 Å². The van der Waals surface area contributed by atoms with Crippen LogP contribution in [0, 0.1) is 0 Å². The highest BCUT2D eigenvalue weighted by Gasteiger charge is 2.09.